The van der Waals surface area contributed by atoms with Crippen LogP contribution in [0.2, 0.25) is 0 Å². The molecule has 1 atom stereocenters. The van der Waals surface area contributed by atoms with Crippen LogP contribution in [0.1, 0.15) is 35.6 Å². The molecule has 1 saturated heterocycles. The zero-order chi connectivity index (χ0) is 17.6. The number of rotatable bonds is 6. The van der Waals surface area contributed by atoms with Gasteiger partial charge in [-0.2, -0.15) is 0 Å². The van der Waals surface area contributed by atoms with Crippen molar-refractivity contribution in [3.05, 3.63) is 34.9 Å². The van der Waals surface area contributed by atoms with Crippen LogP contribution in [0.5, 0.6) is 0 Å². The molecule has 2 aliphatic rings. The quantitative estimate of drug-likeness (QED) is 0.489. The Morgan fingerprint density at radius 2 is 2.20 bits per heavy atom. The van der Waals surface area contributed by atoms with Gasteiger partial charge in [0.1, 0.15) is 6.10 Å². The van der Waals surface area contributed by atoms with E-state index in [0.29, 0.717) is 0 Å². The minimum absolute atomic E-state index is 0.0963. The number of aliphatic imine (C=N–C) groups is 1. The predicted octanol–water partition coefficient (Wildman–Crippen LogP) is 2.68. The highest BCUT2D eigenvalue weighted by Crippen LogP contribution is 2.28. The predicted molar refractivity (Wildman–Crippen MR) is 101 cm³/mol. The van der Waals surface area contributed by atoms with E-state index in [1.165, 1.54) is 29.5 Å². The minimum Gasteiger partial charge on any atom is -0.379 e. The number of hydrogen-bond donors (Lipinski definition) is 1. The molecule has 1 aromatic carbocycles. The number of morpholine rings is 1. The number of guanidine groups is 1. The Balaban J connectivity index is 1.51. The lowest BCUT2D eigenvalue weighted by Crippen LogP contribution is -2.48. The Bertz CT molecular complexity index is 599. The fraction of sp³-hybridized carbons (Fsp3) is 0.650. The summed E-state index contributed by atoms with van der Waals surface area (Å²) in [6.07, 6.45) is 2.77. The number of nitrogens with one attached hydrogen (secondary N) is 1. The third kappa shape index (κ3) is 5.19. The second-order valence-electron chi connectivity index (χ2n) is 7.16. The smallest absolute Gasteiger partial charge is 0.193 e. The number of ether oxygens (including phenoxy) is 2. The lowest BCUT2D eigenvalue weighted by Gasteiger charge is -2.35. The van der Waals surface area contributed by atoms with E-state index < -0.39 is 0 Å². The van der Waals surface area contributed by atoms with Crippen LogP contribution < -0.4 is 5.32 Å². The van der Waals surface area contributed by atoms with Gasteiger partial charge in [-0.05, 0) is 43.7 Å². The molecule has 5 nitrogen and oxygen atoms in total. The van der Waals surface area contributed by atoms with Gasteiger partial charge < -0.3 is 19.7 Å². The van der Waals surface area contributed by atoms with E-state index in [9.17, 15) is 0 Å². The Kier molecular flexibility index (Phi) is 6.32. The fourth-order valence-corrected chi connectivity index (χ4v) is 3.32. The van der Waals surface area contributed by atoms with E-state index >= 15 is 0 Å². The van der Waals surface area contributed by atoms with Gasteiger partial charge in [0, 0.05) is 26.7 Å². The van der Waals surface area contributed by atoms with Crippen LogP contribution in [0.3, 0.4) is 0 Å². The second-order valence-corrected chi connectivity index (χ2v) is 7.16. The number of benzene rings is 1. The molecule has 1 unspecified atom stereocenters. The highest BCUT2D eigenvalue weighted by Gasteiger charge is 2.25. The second kappa shape index (κ2) is 8.68. The molecular weight excluding hydrogens is 314 g/mol. The van der Waals surface area contributed by atoms with Gasteiger partial charge in [-0.15, -0.1) is 0 Å². The maximum absolute atomic E-state index is 6.04. The SMILES string of the molecule is CN=C(NCCOCC1CC1)N1CCOC(c2ccc(C)cc2C)C1. The number of hydrogen-bond acceptors (Lipinski definition) is 3. The molecule has 3 rings (SSSR count). The summed E-state index contributed by atoms with van der Waals surface area (Å²) < 4.78 is 11.7. The van der Waals surface area contributed by atoms with E-state index in [-0.39, 0.29) is 6.10 Å². The van der Waals surface area contributed by atoms with Crippen LogP contribution in [-0.4, -0.2) is 57.4 Å². The molecular formula is C20H31N3O2. The van der Waals surface area contributed by atoms with Crippen molar-refractivity contribution < 1.29 is 9.47 Å². The van der Waals surface area contributed by atoms with Crippen molar-refractivity contribution in [1.29, 1.82) is 0 Å². The van der Waals surface area contributed by atoms with Crippen LogP contribution in [0.4, 0.5) is 0 Å². The van der Waals surface area contributed by atoms with Gasteiger partial charge in [0.05, 0.1) is 19.8 Å². The van der Waals surface area contributed by atoms with E-state index in [1.54, 1.807) is 0 Å². The van der Waals surface area contributed by atoms with Gasteiger partial charge in [0.15, 0.2) is 5.96 Å². The molecule has 0 bridgehead atoms. The van der Waals surface area contributed by atoms with E-state index in [2.05, 4.69) is 47.3 Å². The molecule has 0 amide bonds. The monoisotopic (exact) mass is 345 g/mol. The third-order valence-electron chi connectivity index (χ3n) is 4.93. The Labute approximate surface area is 151 Å². The topological polar surface area (TPSA) is 46.1 Å². The summed E-state index contributed by atoms with van der Waals surface area (Å²) in [4.78, 5) is 6.73. The lowest BCUT2D eigenvalue weighted by atomic mass is 10.00. The van der Waals surface area contributed by atoms with Crippen molar-refractivity contribution in [2.45, 2.75) is 32.8 Å². The van der Waals surface area contributed by atoms with Gasteiger partial charge in [-0.1, -0.05) is 23.8 Å². The van der Waals surface area contributed by atoms with Gasteiger partial charge in [0.2, 0.25) is 0 Å². The molecule has 1 N–H and O–H groups in total. The molecule has 0 aromatic heterocycles. The van der Waals surface area contributed by atoms with Crippen molar-refractivity contribution >= 4 is 5.96 Å². The molecule has 5 heteroatoms. The van der Waals surface area contributed by atoms with Crippen molar-refractivity contribution in [1.82, 2.24) is 10.2 Å². The summed E-state index contributed by atoms with van der Waals surface area (Å²) in [6.45, 7) is 9.14. The summed E-state index contributed by atoms with van der Waals surface area (Å²) in [5.74, 6) is 1.75. The third-order valence-corrected chi connectivity index (χ3v) is 4.93. The summed E-state index contributed by atoms with van der Waals surface area (Å²) in [6, 6.07) is 6.58. The molecule has 138 valence electrons. The van der Waals surface area contributed by atoms with Crippen molar-refractivity contribution in [2.75, 3.05) is 46.5 Å². The van der Waals surface area contributed by atoms with Gasteiger partial charge in [0.25, 0.3) is 0 Å². The first-order valence-corrected chi connectivity index (χ1v) is 9.39. The summed E-state index contributed by atoms with van der Waals surface area (Å²) in [5.41, 5.74) is 3.86. The standard InChI is InChI=1S/C20H31N3O2/c1-15-4-7-18(16(2)12-15)19-13-23(9-11-25-19)20(21-3)22-8-10-24-14-17-5-6-17/h4,7,12,17,19H,5-6,8-11,13-14H2,1-3H3,(H,21,22). The maximum Gasteiger partial charge on any atom is 0.193 e. The van der Waals surface area contributed by atoms with E-state index in [1.807, 2.05) is 7.05 Å². The number of aryl methyl sites for hydroxylation is 2. The van der Waals surface area contributed by atoms with Crippen LogP contribution >= 0.6 is 0 Å². The lowest BCUT2D eigenvalue weighted by molar-refractivity contribution is -0.00844. The van der Waals surface area contributed by atoms with Crippen LogP contribution in [-0.2, 0) is 9.47 Å². The highest BCUT2D eigenvalue weighted by molar-refractivity contribution is 5.80. The maximum atomic E-state index is 6.04. The van der Waals surface area contributed by atoms with Crippen LogP contribution in [0.25, 0.3) is 0 Å². The zero-order valence-corrected chi connectivity index (χ0v) is 15.8. The average molecular weight is 345 g/mol. The Morgan fingerprint density at radius 3 is 2.92 bits per heavy atom. The van der Waals surface area contributed by atoms with E-state index in [0.717, 1.165) is 51.3 Å². The average Bonchev–Trinajstić information content (AvgIpc) is 3.42. The normalized spacial score (nSPS) is 21.5. The minimum atomic E-state index is 0.0963. The van der Waals surface area contributed by atoms with Crippen LogP contribution in [0.15, 0.2) is 23.2 Å². The molecule has 0 spiro atoms. The molecule has 1 aromatic rings. The molecule has 2 fully saturated rings. The van der Waals surface area contributed by atoms with Crippen molar-refractivity contribution in [3.8, 4) is 0 Å². The zero-order valence-electron chi connectivity index (χ0n) is 15.8. The molecule has 1 saturated carbocycles. The van der Waals surface area contributed by atoms with Gasteiger partial charge >= 0.3 is 0 Å². The Hall–Kier alpha value is -1.59. The van der Waals surface area contributed by atoms with Crippen molar-refractivity contribution in [2.24, 2.45) is 10.9 Å². The first-order chi connectivity index (χ1) is 12.2. The summed E-state index contributed by atoms with van der Waals surface area (Å²) in [7, 11) is 1.84. The summed E-state index contributed by atoms with van der Waals surface area (Å²) in [5, 5.41) is 3.42. The van der Waals surface area contributed by atoms with Crippen LogP contribution in [0, 0.1) is 19.8 Å². The summed E-state index contributed by atoms with van der Waals surface area (Å²) >= 11 is 0. The molecule has 1 aliphatic heterocycles. The number of nitrogens with zero attached hydrogens (tertiary/aromatic N) is 2. The first-order valence-electron chi connectivity index (χ1n) is 9.39. The molecule has 25 heavy (non-hydrogen) atoms. The fourth-order valence-electron chi connectivity index (χ4n) is 3.32. The highest BCUT2D eigenvalue weighted by atomic mass is 16.5. The van der Waals surface area contributed by atoms with Gasteiger partial charge in [-0.3, -0.25) is 4.99 Å². The largest absolute Gasteiger partial charge is 0.379 e. The Morgan fingerprint density at radius 1 is 1.36 bits per heavy atom. The van der Waals surface area contributed by atoms with Gasteiger partial charge in [-0.25, -0.2) is 0 Å². The van der Waals surface area contributed by atoms with E-state index in [4.69, 9.17) is 9.47 Å². The first kappa shape index (κ1) is 18.2. The van der Waals surface area contributed by atoms with Crippen molar-refractivity contribution in [3.63, 3.8) is 0 Å². The molecule has 0 radical (unpaired) electrons. The molecule has 1 heterocycles. The molecule has 1 aliphatic carbocycles.